The van der Waals surface area contributed by atoms with Crippen molar-refractivity contribution in [2.24, 2.45) is 0 Å². The minimum absolute atomic E-state index is 0.115. The first-order valence-electron chi connectivity index (χ1n) is 4.61. The number of benzene rings is 1. The monoisotopic (exact) mass is 239 g/mol. The van der Waals surface area contributed by atoms with E-state index in [4.69, 9.17) is 18.0 Å². The summed E-state index contributed by atoms with van der Waals surface area (Å²) < 4.78 is 13.3. The van der Waals surface area contributed by atoms with Gasteiger partial charge in [-0.3, -0.25) is 4.79 Å². The molecule has 0 aliphatic heterocycles. The van der Waals surface area contributed by atoms with E-state index in [2.05, 4.69) is 11.2 Å². The van der Waals surface area contributed by atoms with Crippen molar-refractivity contribution in [2.45, 2.75) is 19.4 Å². The number of hydrogen-bond acceptors (Lipinski definition) is 1. The zero-order valence-corrected chi connectivity index (χ0v) is 9.73. The van der Waals surface area contributed by atoms with E-state index in [1.165, 1.54) is 12.1 Å². The van der Waals surface area contributed by atoms with Crippen molar-refractivity contribution in [3.05, 3.63) is 34.6 Å². The third-order valence-electron chi connectivity index (χ3n) is 1.96. The highest BCUT2D eigenvalue weighted by Gasteiger charge is 2.20. The molecule has 0 unspecified atom stereocenters. The standard InChI is InChI=1S/C12H11ClFNO/c1-4-12(2,3)15-11(16)9-7-8(13)5-6-10(9)14/h1,5-7H,2-3H3,(H,15,16). The number of hydrogen-bond donors (Lipinski definition) is 1. The Labute approximate surface area is 98.8 Å². The predicted octanol–water partition coefficient (Wildman–Crippen LogP) is 2.62. The summed E-state index contributed by atoms with van der Waals surface area (Å²) >= 11 is 5.68. The van der Waals surface area contributed by atoms with E-state index >= 15 is 0 Å². The van der Waals surface area contributed by atoms with Crippen molar-refractivity contribution in [3.63, 3.8) is 0 Å². The summed E-state index contributed by atoms with van der Waals surface area (Å²) in [6.45, 7) is 3.29. The molecule has 0 aliphatic carbocycles. The minimum Gasteiger partial charge on any atom is -0.336 e. The lowest BCUT2D eigenvalue weighted by atomic mass is 10.1. The third kappa shape index (κ3) is 2.98. The lowest BCUT2D eigenvalue weighted by molar-refractivity contribution is 0.0926. The maximum absolute atomic E-state index is 13.3. The molecule has 0 fully saturated rings. The zero-order valence-electron chi connectivity index (χ0n) is 8.97. The molecule has 4 heteroatoms. The van der Waals surface area contributed by atoms with Crippen LogP contribution in [0.5, 0.6) is 0 Å². The van der Waals surface area contributed by atoms with Gasteiger partial charge in [-0.05, 0) is 32.0 Å². The van der Waals surface area contributed by atoms with Crippen molar-refractivity contribution < 1.29 is 9.18 Å². The van der Waals surface area contributed by atoms with E-state index in [0.717, 1.165) is 6.07 Å². The van der Waals surface area contributed by atoms with Crippen LogP contribution in [0.2, 0.25) is 5.02 Å². The quantitative estimate of drug-likeness (QED) is 0.790. The van der Waals surface area contributed by atoms with Crippen molar-refractivity contribution in [1.29, 1.82) is 0 Å². The predicted molar refractivity (Wildman–Crippen MR) is 61.8 cm³/mol. The number of amides is 1. The molecule has 0 aromatic heterocycles. The van der Waals surface area contributed by atoms with Gasteiger partial charge in [0.1, 0.15) is 5.82 Å². The molecule has 0 saturated heterocycles. The highest BCUT2D eigenvalue weighted by Crippen LogP contribution is 2.15. The van der Waals surface area contributed by atoms with Crippen LogP contribution in [0, 0.1) is 18.2 Å². The van der Waals surface area contributed by atoms with E-state index in [0.29, 0.717) is 5.02 Å². The summed E-state index contributed by atoms with van der Waals surface area (Å²) in [5.41, 5.74) is -0.943. The van der Waals surface area contributed by atoms with Crippen LogP contribution in [0.25, 0.3) is 0 Å². The first-order chi connectivity index (χ1) is 7.35. The van der Waals surface area contributed by atoms with Gasteiger partial charge >= 0.3 is 0 Å². The second-order valence-electron chi connectivity index (χ2n) is 3.85. The molecule has 0 heterocycles. The molecular weight excluding hydrogens is 229 g/mol. The van der Waals surface area contributed by atoms with Gasteiger partial charge < -0.3 is 5.32 Å². The number of terminal acetylenes is 1. The van der Waals surface area contributed by atoms with Crippen molar-refractivity contribution in [2.75, 3.05) is 0 Å². The summed E-state index contributed by atoms with van der Waals surface area (Å²) in [7, 11) is 0. The van der Waals surface area contributed by atoms with Gasteiger partial charge in [-0.1, -0.05) is 17.5 Å². The second-order valence-corrected chi connectivity index (χ2v) is 4.28. The Kier molecular flexibility index (Phi) is 3.56. The topological polar surface area (TPSA) is 29.1 Å². The Morgan fingerprint density at radius 1 is 1.56 bits per heavy atom. The fourth-order valence-electron chi connectivity index (χ4n) is 1.06. The van der Waals surface area contributed by atoms with Crippen molar-refractivity contribution >= 4 is 17.5 Å². The van der Waals surface area contributed by atoms with Crippen LogP contribution in [0.15, 0.2) is 18.2 Å². The summed E-state index contributed by atoms with van der Waals surface area (Å²) in [6.07, 6.45) is 5.22. The molecule has 1 N–H and O–H groups in total. The van der Waals surface area contributed by atoms with Gasteiger partial charge in [-0.25, -0.2) is 4.39 Å². The molecule has 84 valence electrons. The van der Waals surface area contributed by atoms with E-state index in [9.17, 15) is 9.18 Å². The maximum atomic E-state index is 13.3. The van der Waals surface area contributed by atoms with Crippen LogP contribution in [0.1, 0.15) is 24.2 Å². The largest absolute Gasteiger partial charge is 0.336 e. The number of carbonyl (C=O) groups excluding carboxylic acids is 1. The molecule has 1 rings (SSSR count). The van der Waals surface area contributed by atoms with Crippen LogP contribution < -0.4 is 5.32 Å². The summed E-state index contributed by atoms with van der Waals surface area (Å²) in [4.78, 5) is 11.7. The van der Waals surface area contributed by atoms with E-state index < -0.39 is 17.3 Å². The summed E-state index contributed by atoms with van der Waals surface area (Å²) in [5, 5.41) is 2.81. The lowest BCUT2D eigenvalue weighted by Gasteiger charge is -2.19. The Morgan fingerprint density at radius 3 is 2.75 bits per heavy atom. The number of rotatable bonds is 2. The second kappa shape index (κ2) is 4.54. The fourth-order valence-corrected chi connectivity index (χ4v) is 1.23. The number of carbonyl (C=O) groups is 1. The molecule has 1 amide bonds. The van der Waals surface area contributed by atoms with Crippen LogP contribution in [-0.2, 0) is 0 Å². The van der Waals surface area contributed by atoms with Crippen LogP contribution in [0.3, 0.4) is 0 Å². The highest BCUT2D eigenvalue weighted by atomic mass is 35.5. The van der Waals surface area contributed by atoms with Gasteiger partial charge in [0.25, 0.3) is 5.91 Å². The molecule has 0 spiro atoms. The van der Waals surface area contributed by atoms with E-state index in [-0.39, 0.29) is 5.56 Å². The average Bonchev–Trinajstić information content (AvgIpc) is 2.21. The Morgan fingerprint density at radius 2 is 2.19 bits per heavy atom. The molecule has 0 bridgehead atoms. The maximum Gasteiger partial charge on any atom is 0.255 e. The first-order valence-corrected chi connectivity index (χ1v) is 4.99. The van der Waals surface area contributed by atoms with Crippen LogP contribution in [-0.4, -0.2) is 11.4 Å². The zero-order chi connectivity index (χ0) is 12.3. The Bertz CT molecular complexity index is 463. The molecule has 0 saturated carbocycles. The van der Waals surface area contributed by atoms with Crippen molar-refractivity contribution in [3.8, 4) is 12.3 Å². The molecule has 1 aromatic carbocycles. The molecule has 16 heavy (non-hydrogen) atoms. The summed E-state index contributed by atoms with van der Waals surface area (Å²) in [6, 6.07) is 3.78. The van der Waals surface area contributed by atoms with E-state index in [1.807, 2.05) is 0 Å². The van der Waals surface area contributed by atoms with E-state index in [1.54, 1.807) is 13.8 Å². The van der Waals surface area contributed by atoms with Gasteiger partial charge in [-0.15, -0.1) is 6.42 Å². The van der Waals surface area contributed by atoms with Gasteiger partial charge in [0, 0.05) is 5.02 Å². The smallest absolute Gasteiger partial charge is 0.255 e. The Balaban J connectivity index is 2.98. The molecule has 2 nitrogen and oxygen atoms in total. The van der Waals surface area contributed by atoms with Gasteiger partial charge in [0.05, 0.1) is 11.1 Å². The van der Waals surface area contributed by atoms with Crippen LogP contribution >= 0.6 is 11.6 Å². The lowest BCUT2D eigenvalue weighted by Crippen LogP contribution is -2.42. The molecule has 0 aliphatic rings. The third-order valence-corrected chi connectivity index (χ3v) is 2.20. The normalized spacial score (nSPS) is 10.7. The molecule has 0 radical (unpaired) electrons. The number of halogens is 2. The SMILES string of the molecule is C#CC(C)(C)NC(=O)c1cc(Cl)ccc1F. The minimum atomic E-state index is -0.828. The molecule has 1 aromatic rings. The van der Waals surface area contributed by atoms with Gasteiger partial charge in [0.15, 0.2) is 0 Å². The van der Waals surface area contributed by atoms with Gasteiger partial charge in [-0.2, -0.15) is 0 Å². The van der Waals surface area contributed by atoms with Gasteiger partial charge in [0.2, 0.25) is 0 Å². The fraction of sp³-hybridized carbons (Fsp3) is 0.250. The average molecular weight is 240 g/mol. The Hall–Kier alpha value is -1.53. The number of nitrogens with one attached hydrogen (secondary N) is 1. The van der Waals surface area contributed by atoms with Crippen LogP contribution in [0.4, 0.5) is 4.39 Å². The van der Waals surface area contributed by atoms with Crippen molar-refractivity contribution in [1.82, 2.24) is 5.32 Å². The molecule has 0 atom stereocenters. The highest BCUT2D eigenvalue weighted by molar-refractivity contribution is 6.31. The summed E-state index contributed by atoms with van der Waals surface area (Å²) in [5.74, 6) is 1.18. The molecular formula is C12H11ClFNO. The first kappa shape index (κ1) is 12.5.